The van der Waals surface area contributed by atoms with E-state index in [1.807, 2.05) is 30.5 Å². The Morgan fingerprint density at radius 2 is 1.52 bits per heavy atom. The molecule has 0 amide bonds. The van der Waals surface area contributed by atoms with Crippen LogP contribution < -0.4 is 0 Å². The van der Waals surface area contributed by atoms with E-state index in [9.17, 15) is 9.90 Å². The van der Waals surface area contributed by atoms with Gasteiger partial charge in [0.25, 0.3) is 0 Å². The van der Waals surface area contributed by atoms with Gasteiger partial charge < -0.3 is 10.1 Å². The molecule has 205 valence electrons. The number of allylic oxidation sites excluding steroid dienone is 1. The minimum atomic E-state index is -0.202. The van der Waals surface area contributed by atoms with Crippen molar-refractivity contribution >= 4 is 22.3 Å². The van der Waals surface area contributed by atoms with E-state index in [1.54, 1.807) is 36.4 Å². The number of hydrogen-bond acceptors (Lipinski definition) is 3. The van der Waals surface area contributed by atoms with Crippen molar-refractivity contribution in [2.75, 3.05) is 0 Å². The summed E-state index contributed by atoms with van der Waals surface area (Å²) < 4.78 is 0. The fourth-order valence-corrected chi connectivity index (χ4v) is 4.57. The van der Waals surface area contributed by atoms with E-state index >= 15 is 0 Å². The van der Waals surface area contributed by atoms with Gasteiger partial charge in [0.2, 0.25) is 0 Å². The van der Waals surface area contributed by atoms with Crippen molar-refractivity contribution < 1.29 is 30.0 Å². The van der Waals surface area contributed by atoms with Crippen molar-refractivity contribution in [1.82, 2.24) is 4.98 Å². The normalized spacial score (nSPS) is 11.0. The van der Waals surface area contributed by atoms with Crippen molar-refractivity contribution in [1.29, 1.82) is 0 Å². The summed E-state index contributed by atoms with van der Waals surface area (Å²) in [4.78, 5) is 16.4. The molecule has 4 heteroatoms. The van der Waals surface area contributed by atoms with Crippen LogP contribution in [0.15, 0.2) is 109 Å². The topological polar surface area (TPSA) is 50.2 Å². The van der Waals surface area contributed by atoms with Crippen LogP contribution in [0.5, 0.6) is 0 Å². The van der Waals surface area contributed by atoms with Crippen molar-refractivity contribution in [3.63, 3.8) is 0 Å². The first-order valence-corrected chi connectivity index (χ1v) is 13.2. The van der Waals surface area contributed by atoms with Crippen LogP contribution in [0.2, 0.25) is 0 Å². The molecule has 0 saturated carbocycles. The third-order valence-electron chi connectivity index (χ3n) is 6.27. The van der Waals surface area contributed by atoms with E-state index in [-0.39, 0.29) is 31.6 Å². The quantitative estimate of drug-likeness (QED) is 0.0831. The number of ketones is 1. The van der Waals surface area contributed by atoms with E-state index < -0.39 is 0 Å². The van der Waals surface area contributed by atoms with Gasteiger partial charge in [-0.25, -0.2) is 0 Å². The number of hydrogen-bond donors (Lipinski definition) is 1. The maximum atomic E-state index is 11.8. The van der Waals surface area contributed by atoms with Crippen LogP contribution in [0.25, 0.3) is 27.8 Å². The van der Waals surface area contributed by atoms with Gasteiger partial charge in [-0.3, -0.25) is 4.79 Å². The summed E-state index contributed by atoms with van der Waals surface area (Å²) >= 11 is 0. The number of fused-ring (bicyclic) bond motifs is 1. The standard InChI is InChI=1S/C21H22N.C15H12O2.Ir/c1-14(2)9-17-5-6-20-18(13-17)7-8-22-21(20)19-11-15(3)10-16(4)12-19;16-14(12-7-3-1-4-8-12)11-15(17)13-9-5-2-6-10-13;/h5-8,10-11,13-14H,9H2,1-4H3;1-11,16H;/q-1;;/b;14-11-;. The van der Waals surface area contributed by atoms with Crippen LogP contribution in [0.3, 0.4) is 0 Å². The van der Waals surface area contributed by atoms with Gasteiger partial charge >= 0.3 is 0 Å². The third-order valence-corrected chi connectivity index (χ3v) is 6.27. The predicted molar refractivity (Wildman–Crippen MR) is 162 cm³/mol. The SMILES string of the molecule is Cc1[c-]c(-c2nccc3cc(CC(C)C)ccc23)cc(C)c1.O=C(/C=C(\O)c1ccccc1)c1ccccc1.[Ir]. The average molecular weight is 705 g/mol. The number of pyridine rings is 1. The van der Waals surface area contributed by atoms with Gasteiger partial charge in [0.1, 0.15) is 5.76 Å². The second-order valence-electron chi connectivity index (χ2n) is 10.2. The molecule has 1 radical (unpaired) electrons. The van der Waals surface area contributed by atoms with Crippen molar-refractivity contribution in [3.8, 4) is 11.3 Å². The van der Waals surface area contributed by atoms with Gasteiger partial charge in [-0.15, -0.1) is 34.9 Å². The second kappa shape index (κ2) is 14.5. The smallest absolute Gasteiger partial charge is 0.189 e. The molecule has 0 aliphatic heterocycles. The Bertz CT molecular complexity index is 1570. The third kappa shape index (κ3) is 8.32. The number of nitrogens with zero attached hydrogens (tertiary/aromatic N) is 1. The Kier molecular flexibility index (Phi) is 11.1. The summed E-state index contributed by atoms with van der Waals surface area (Å²) in [6.45, 7) is 8.72. The summed E-state index contributed by atoms with van der Waals surface area (Å²) in [6.07, 6.45) is 4.26. The van der Waals surface area contributed by atoms with E-state index in [1.165, 1.54) is 28.0 Å². The largest absolute Gasteiger partial charge is 0.507 e. The van der Waals surface area contributed by atoms with Gasteiger partial charge in [0, 0.05) is 43.5 Å². The molecule has 5 aromatic rings. The monoisotopic (exact) mass is 705 g/mol. The molecule has 0 saturated heterocycles. The predicted octanol–water partition coefficient (Wildman–Crippen LogP) is 8.98. The number of benzene rings is 4. The molecule has 3 nitrogen and oxygen atoms in total. The molecule has 0 aliphatic rings. The van der Waals surface area contributed by atoms with Crippen molar-refractivity contribution in [3.05, 3.63) is 143 Å². The molecule has 40 heavy (non-hydrogen) atoms. The minimum Gasteiger partial charge on any atom is -0.507 e. The fraction of sp³-hybridized carbons (Fsp3) is 0.167. The molecule has 0 unspecified atom stereocenters. The number of aliphatic hydroxyl groups excluding tert-OH is 1. The maximum Gasteiger partial charge on any atom is 0.189 e. The molecule has 1 N–H and O–H groups in total. The summed E-state index contributed by atoms with van der Waals surface area (Å²) in [5.41, 5.74) is 7.11. The Hall–Kier alpha value is -3.85. The van der Waals surface area contributed by atoms with E-state index in [0.29, 0.717) is 17.0 Å². The maximum absolute atomic E-state index is 11.8. The number of aliphatic hydroxyl groups is 1. The summed E-state index contributed by atoms with van der Waals surface area (Å²) in [5, 5.41) is 12.3. The number of carbonyl (C=O) groups excluding carboxylic acids is 1. The first-order valence-electron chi connectivity index (χ1n) is 13.2. The number of aromatic nitrogens is 1. The van der Waals surface area contributed by atoms with Crippen LogP contribution in [0, 0.1) is 25.8 Å². The van der Waals surface area contributed by atoms with Crippen LogP contribution in [0.1, 0.15) is 46.5 Å². The van der Waals surface area contributed by atoms with Crippen LogP contribution in [0.4, 0.5) is 0 Å². The first-order chi connectivity index (χ1) is 18.8. The molecular formula is C36H34IrNO2-. The Morgan fingerprint density at radius 1 is 0.875 bits per heavy atom. The van der Waals surface area contributed by atoms with Gasteiger partial charge in [-0.2, -0.15) is 0 Å². The Morgan fingerprint density at radius 3 is 2.15 bits per heavy atom. The molecule has 1 heterocycles. The number of carbonyl (C=O) groups is 1. The number of rotatable bonds is 6. The second-order valence-corrected chi connectivity index (χ2v) is 10.2. The Balaban J connectivity index is 0.000000222. The molecular weight excluding hydrogens is 671 g/mol. The summed E-state index contributed by atoms with van der Waals surface area (Å²) in [5.74, 6) is 0.456. The molecule has 0 fully saturated rings. The van der Waals surface area contributed by atoms with E-state index in [2.05, 4.69) is 75.1 Å². The zero-order chi connectivity index (χ0) is 27.8. The van der Waals surface area contributed by atoms with Crippen LogP contribution in [-0.4, -0.2) is 15.9 Å². The molecule has 5 rings (SSSR count). The van der Waals surface area contributed by atoms with Crippen LogP contribution >= 0.6 is 0 Å². The van der Waals surface area contributed by atoms with Gasteiger partial charge in [-0.05, 0) is 40.4 Å². The van der Waals surface area contributed by atoms with Gasteiger partial charge in [-0.1, -0.05) is 107 Å². The fourth-order valence-electron chi connectivity index (χ4n) is 4.57. The molecule has 1 aromatic heterocycles. The van der Waals surface area contributed by atoms with E-state index in [0.717, 1.165) is 23.2 Å². The first kappa shape index (κ1) is 30.7. The Labute approximate surface area is 251 Å². The summed E-state index contributed by atoms with van der Waals surface area (Å²) in [6, 6.07) is 34.4. The molecule has 0 aliphatic carbocycles. The van der Waals surface area contributed by atoms with Crippen LogP contribution in [-0.2, 0) is 26.5 Å². The average Bonchev–Trinajstić information content (AvgIpc) is 2.93. The van der Waals surface area contributed by atoms with Crippen molar-refractivity contribution in [2.24, 2.45) is 5.92 Å². The molecule has 4 aromatic carbocycles. The van der Waals surface area contributed by atoms with Gasteiger partial charge in [0.05, 0.1) is 0 Å². The minimum absolute atomic E-state index is 0. The zero-order valence-corrected chi connectivity index (χ0v) is 25.7. The molecule has 0 atom stereocenters. The summed E-state index contributed by atoms with van der Waals surface area (Å²) in [7, 11) is 0. The zero-order valence-electron chi connectivity index (χ0n) is 23.3. The van der Waals surface area contributed by atoms with Crippen molar-refractivity contribution in [2.45, 2.75) is 34.1 Å². The molecule has 0 bridgehead atoms. The van der Waals surface area contributed by atoms with Gasteiger partial charge in [0.15, 0.2) is 5.78 Å². The van der Waals surface area contributed by atoms with E-state index in [4.69, 9.17) is 0 Å². The number of aryl methyl sites for hydroxylation is 2. The molecule has 0 spiro atoms.